The fourth-order valence-electron chi connectivity index (χ4n) is 2.14. The van der Waals surface area contributed by atoms with Gasteiger partial charge in [-0.25, -0.2) is 0 Å². The highest BCUT2D eigenvalue weighted by Gasteiger charge is 2.38. The second-order valence-electron chi connectivity index (χ2n) is 4.75. The fourth-order valence-corrected chi connectivity index (χ4v) is 3.25. The molecule has 0 bridgehead atoms. The van der Waals surface area contributed by atoms with Crippen LogP contribution in [-0.4, -0.2) is 49.8 Å². The van der Waals surface area contributed by atoms with Crippen LogP contribution in [0.3, 0.4) is 0 Å². The number of ether oxygens (including phenoxy) is 1. The van der Waals surface area contributed by atoms with E-state index in [1.165, 1.54) is 11.8 Å². The maximum atomic E-state index is 10.00. The number of pyridine rings is 1. The average molecular weight is 309 g/mol. The summed E-state index contributed by atoms with van der Waals surface area (Å²) in [5, 5.41) is 29.2. The van der Waals surface area contributed by atoms with Gasteiger partial charge in [-0.1, -0.05) is 0 Å². The minimum Gasteiger partial charge on any atom is -0.475 e. The quantitative estimate of drug-likeness (QED) is 0.774. The molecule has 3 N–H and O–H groups in total. The van der Waals surface area contributed by atoms with Gasteiger partial charge in [-0.15, -0.1) is 11.8 Å². The van der Waals surface area contributed by atoms with Crippen LogP contribution in [0.5, 0.6) is 5.75 Å². The van der Waals surface area contributed by atoms with E-state index in [0.717, 1.165) is 11.1 Å². The topological polar surface area (TPSA) is 96.0 Å². The van der Waals surface area contributed by atoms with Crippen molar-refractivity contribution in [2.24, 2.45) is 0 Å². The average Bonchev–Trinajstić information content (AvgIpc) is 3.02. The minimum atomic E-state index is -1.22. The molecule has 21 heavy (non-hydrogen) atoms. The normalized spacial score (nSPS) is 29.3. The predicted molar refractivity (Wildman–Crippen MR) is 76.8 cm³/mol. The van der Waals surface area contributed by atoms with Crippen molar-refractivity contribution in [3.63, 3.8) is 0 Å². The summed E-state index contributed by atoms with van der Waals surface area (Å²) in [5.74, 6) is 0.781. The minimum absolute atomic E-state index is 0.296. The van der Waals surface area contributed by atoms with Crippen molar-refractivity contribution in [1.82, 2.24) is 4.98 Å². The number of aliphatic hydroxyl groups is 3. The van der Waals surface area contributed by atoms with Crippen LogP contribution in [0.4, 0.5) is 0 Å². The summed E-state index contributed by atoms with van der Waals surface area (Å²) in [4.78, 5) is 4.02. The first-order valence-electron chi connectivity index (χ1n) is 6.46. The molecule has 0 unspecified atom stereocenters. The van der Waals surface area contributed by atoms with Crippen LogP contribution in [0, 0.1) is 0 Å². The Morgan fingerprint density at radius 1 is 1.24 bits per heavy atom. The molecule has 3 rings (SSSR count). The number of hydrogen-bond donors (Lipinski definition) is 3. The standard InChI is InChI=1S/C14H15NO5S/c16-10-7-21-14(13(18)12(10)17)20-11-5-15-3-1-9(11)8-2-4-19-6-8/h1-6,10,12-14,16-18H,7H2/t10-,12+,13-,14+/m1/s1. The van der Waals surface area contributed by atoms with E-state index in [0.29, 0.717) is 11.5 Å². The number of thioether (sulfide) groups is 1. The summed E-state index contributed by atoms with van der Waals surface area (Å²) in [6.07, 6.45) is 2.99. The maximum Gasteiger partial charge on any atom is 0.173 e. The molecule has 1 fully saturated rings. The Morgan fingerprint density at radius 3 is 2.86 bits per heavy atom. The predicted octanol–water partition coefficient (Wildman–Crippen LogP) is 0.876. The molecule has 0 radical (unpaired) electrons. The van der Waals surface area contributed by atoms with Crippen LogP contribution in [0.15, 0.2) is 41.5 Å². The zero-order chi connectivity index (χ0) is 14.8. The first-order valence-corrected chi connectivity index (χ1v) is 7.50. The van der Waals surface area contributed by atoms with E-state index in [2.05, 4.69) is 4.98 Å². The molecule has 4 atom stereocenters. The molecule has 1 aliphatic heterocycles. The van der Waals surface area contributed by atoms with Crippen LogP contribution >= 0.6 is 11.8 Å². The Hall–Kier alpha value is -1.54. The van der Waals surface area contributed by atoms with Crippen LogP contribution in [0.1, 0.15) is 0 Å². The second-order valence-corrected chi connectivity index (χ2v) is 5.88. The zero-order valence-electron chi connectivity index (χ0n) is 11.0. The van der Waals surface area contributed by atoms with E-state index >= 15 is 0 Å². The molecule has 6 nitrogen and oxygen atoms in total. The number of rotatable bonds is 3. The summed E-state index contributed by atoms with van der Waals surface area (Å²) in [7, 11) is 0. The highest BCUT2D eigenvalue weighted by atomic mass is 32.2. The van der Waals surface area contributed by atoms with Gasteiger partial charge in [-0.05, 0) is 12.1 Å². The van der Waals surface area contributed by atoms with Gasteiger partial charge in [0.1, 0.15) is 18.0 Å². The summed E-state index contributed by atoms with van der Waals surface area (Å²) in [6, 6.07) is 3.58. The molecule has 2 aromatic heterocycles. The first kappa shape index (κ1) is 14.4. The van der Waals surface area contributed by atoms with Gasteiger partial charge in [0.2, 0.25) is 0 Å². The second kappa shape index (κ2) is 6.07. The van der Waals surface area contributed by atoms with Crippen molar-refractivity contribution in [3.05, 3.63) is 37.1 Å². The van der Waals surface area contributed by atoms with E-state index in [-0.39, 0.29) is 0 Å². The van der Waals surface area contributed by atoms with Crippen LogP contribution in [0.25, 0.3) is 11.1 Å². The third kappa shape index (κ3) is 2.91. The third-order valence-corrected chi connectivity index (χ3v) is 4.55. The molecule has 0 amide bonds. The number of aliphatic hydroxyl groups excluding tert-OH is 3. The van der Waals surface area contributed by atoms with Gasteiger partial charge in [0, 0.05) is 23.1 Å². The SMILES string of the molecule is O[C@@H]1[C@@H](O)[C@@H](Oc2cnccc2-c2ccoc2)SC[C@H]1O. The highest BCUT2D eigenvalue weighted by Crippen LogP contribution is 2.34. The lowest BCUT2D eigenvalue weighted by Crippen LogP contribution is -2.50. The van der Waals surface area contributed by atoms with Gasteiger partial charge in [0.05, 0.1) is 24.8 Å². The lowest BCUT2D eigenvalue weighted by molar-refractivity contribution is -0.0785. The van der Waals surface area contributed by atoms with Crippen LogP contribution < -0.4 is 4.74 Å². The van der Waals surface area contributed by atoms with Gasteiger partial charge in [0.25, 0.3) is 0 Å². The van der Waals surface area contributed by atoms with Gasteiger partial charge >= 0.3 is 0 Å². The van der Waals surface area contributed by atoms with E-state index in [1.807, 2.05) is 0 Å². The van der Waals surface area contributed by atoms with Crippen LogP contribution in [-0.2, 0) is 0 Å². The highest BCUT2D eigenvalue weighted by molar-refractivity contribution is 7.99. The smallest absolute Gasteiger partial charge is 0.173 e. The summed E-state index contributed by atoms with van der Waals surface area (Å²) in [6.45, 7) is 0. The van der Waals surface area contributed by atoms with Gasteiger partial charge in [-0.2, -0.15) is 0 Å². The Morgan fingerprint density at radius 2 is 2.10 bits per heavy atom. The number of aromatic nitrogens is 1. The van der Waals surface area contributed by atoms with E-state index in [4.69, 9.17) is 9.15 Å². The van der Waals surface area contributed by atoms with Crippen molar-refractivity contribution in [3.8, 4) is 16.9 Å². The molecule has 112 valence electrons. The first-order chi connectivity index (χ1) is 10.2. The molecule has 1 saturated heterocycles. The molecule has 0 aromatic carbocycles. The molecular weight excluding hydrogens is 294 g/mol. The largest absolute Gasteiger partial charge is 0.475 e. The summed E-state index contributed by atoms with van der Waals surface area (Å²) < 4.78 is 10.8. The fraction of sp³-hybridized carbons (Fsp3) is 0.357. The molecule has 0 spiro atoms. The van der Waals surface area contributed by atoms with Crippen molar-refractivity contribution in [1.29, 1.82) is 0 Å². The number of furan rings is 1. The third-order valence-electron chi connectivity index (χ3n) is 3.31. The molecule has 2 aromatic rings. The van der Waals surface area contributed by atoms with Crippen molar-refractivity contribution in [2.45, 2.75) is 23.7 Å². The van der Waals surface area contributed by atoms with E-state index in [9.17, 15) is 15.3 Å². The van der Waals surface area contributed by atoms with Gasteiger partial charge in [0.15, 0.2) is 5.44 Å². The lowest BCUT2D eigenvalue weighted by Gasteiger charge is -2.34. The van der Waals surface area contributed by atoms with Crippen molar-refractivity contribution in [2.75, 3.05) is 5.75 Å². The Labute approximate surface area is 125 Å². The summed E-state index contributed by atoms with van der Waals surface area (Å²) in [5.41, 5.74) is 0.952. The van der Waals surface area contributed by atoms with Gasteiger partial charge < -0.3 is 24.5 Å². The molecule has 3 heterocycles. The number of nitrogens with zero attached hydrogens (tertiary/aromatic N) is 1. The Bertz CT molecular complexity index is 591. The monoisotopic (exact) mass is 309 g/mol. The van der Waals surface area contributed by atoms with Gasteiger partial charge in [-0.3, -0.25) is 4.98 Å². The zero-order valence-corrected chi connectivity index (χ0v) is 11.8. The lowest BCUT2D eigenvalue weighted by atomic mass is 10.1. The van der Waals surface area contributed by atoms with E-state index in [1.54, 1.807) is 37.1 Å². The van der Waals surface area contributed by atoms with Crippen molar-refractivity contribution < 1.29 is 24.5 Å². The van der Waals surface area contributed by atoms with E-state index < -0.39 is 23.7 Å². The molecule has 1 aliphatic rings. The maximum absolute atomic E-state index is 10.00. The van der Waals surface area contributed by atoms with Crippen molar-refractivity contribution >= 4 is 11.8 Å². The number of hydrogen-bond acceptors (Lipinski definition) is 7. The molecule has 0 saturated carbocycles. The molecular formula is C14H15NO5S. The molecule has 0 aliphatic carbocycles. The summed E-state index contributed by atoms with van der Waals surface area (Å²) >= 11 is 1.25. The Kier molecular flexibility index (Phi) is 4.16. The molecule has 7 heteroatoms. The van der Waals surface area contributed by atoms with Crippen LogP contribution in [0.2, 0.25) is 0 Å². The Balaban J connectivity index is 1.83.